The number of fused-ring (bicyclic) bond motifs is 1. The number of nitrogens with zero attached hydrogens (tertiary/aromatic N) is 4. The molecule has 3 heterocycles. The van der Waals surface area contributed by atoms with Gasteiger partial charge in [0.05, 0.1) is 21.8 Å². The molecule has 1 saturated heterocycles. The molecule has 0 saturated carbocycles. The number of hydrogen-bond acceptors (Lipinski definition) is 6. The van der Waals surface area contributed by atoms with Crippen LogP contribution in [0.1, 0.15) is 24.0 Å². The second kappa shape index (κ2) is 8.87. The fraction of sp³-hybridized carbons (Fsp3) is 0.409. The zero-order valence-corrected chi connectivity index (χ0v) is 19.8. The first-order chi connectivity index (χ1) is 14.4. The van der Waals surface area contributed by atoms with E-state index in [9.17, 15) is 0 Å². The largest absolute Gasteiger partial charge is 0.380 e. The second-order valence-corrected chi connectivity index (χ2v) is 9.11. The molecule has 3 aromatic rings. The number of benzene rings is 1. The summed E-state index contributed by atoms with van der Waals surface area (Å²) in [5.41, 5.74) is 4.28. The summed E-state index contributed by atoms with van der Waals surface area (Å²) in [6.07, 6.45) is 6.08. The fourth-order valence-corrected chi connectivity index (χ4v) is 4.82. The van der Waals surface area contributed by atoms with Gasteiger partial charge in [0.25, 0.3) is 0 Å². The van der Waals surface area contributed by atoms with Gasteiger partial charge < -0.3 is 9.64 Å². The first-order valence-corrected chi connectivity index (χ1v) is 11.9. The first-order valence-electron chi connectivity index (χ1n) is 9.88. The van der Waals surface area contributed by atoms with Crippen LogP contribution in [0.4, 0.5) is 5.82 Å². The van der Waals surface area contributed by atoms with Crippen molar-refractivity contribution in [3.8, 4) is 11.3 Å². The number of aromatic nitrogens is 3. The van der Waals surface area contributed by atoms with Gasteiger partial charge in [0, 0.05) is 37.3 Å². The van der Waals surface area contributed by atoms with Crippen LogP contribution in [-0.4, -0.2) is 47.5 Å². The van der Waals surface area contributed by atoms with Crippen LogP contribution in [0.2, 0.25) is 10.0 Å². The van der Waals surface area contributed by atoms with E-state index >= 15 is 0 Å². The quantitative estimate of drug-likeness (QED) is 0.352. The highest BCUT2D eigenvalue weighted by Crippen LogP contribution is 2.40. The SMILES string of the molecule is COC1CCCN(c2nc(-c3c(Cl)c(C)cc(C)c3Cl)cc3cnc(SC)nc23)C1. The Kier molecular flexibility index (Phi) is 6.39. The number of piperidine rings is 1. The molecule has 1 fully saturated rings. The highest BCUT2D eigenvalue weighted by molar-refractivity contribution is 7.98. The molecule has 1 aromatic carbocycles. The number of thioether (sulfide) groups is 1. The van der Waals surface area contributed by atoms with E-state index in [1.807, 2.05) is 38.4 Å². The van der Waals surface area contributed by atoms with E-state index in [1.165, 1.54) is 11.8 Å². The molecule has 0 N–H and O–H groups in total. The van der Waals surface area contributed by atoms with Crippen molar-refractivity contribution >= 4 is 51.7 Å². The molecular formula is C22H24Cl2N4OS. The third-order valence-electron chi connectivity index (χ3n) is 5.54. The van der Waals surface area contributed by atoms with Crippen molar-refractivity contribution in [3.05, 3.63) is 39.5 Å². The highest BCUT2D eigenvalue weighted by Gasteiger charge is 2.25. The summed E-state index contributed by atoms with van der Waals surface area (Å²) in [4.78, 5) is 16.5. The normalized spacial score (nSPS) is 17.0. The van der Waals surface area contributed by atoms with Crippen LogP contribution in [0.3, 0.4) is 0 Å². The van der Waals surface area contributed by atoms with E-state index < -0.39 is 0 Å². The van der Waals surface area contributed by atoms with Crippen molar-refractivity contribution in [2.45, 2.75) is 37.9 Å². The Labute approximate surface area is 191 Å². The number of pyridine rings is 1. The van der Waals surface area contributed by atoms with E-state index in [0.29, 0.717) is 10.0 Å². The van der Waals surface area contributed by atoms with Gasteiger partial charge in [-0.1, -0.05) is 41.0 Å². The van der Waals surface area contributed by atoms with Crippen LogP contribution in [0.15, 0.2) is 23.5 Å². The Hall–Kier alpha value is -1.60. The standard InChI is InChI=1S/C22H24Cl2N4OS/c1-12-8-13(2)19(24)17(18(12)23)16-9-14-10-25-22(30-4)27-20(14)21(26-16)28-7-5-6-15(11-28)29-3/h8-10,15H,5-7,11H2,1-4H3. The molecule has 2 aromatic heterocycles. The number of methoxy groups -OCH3 is 1. The van der Waals surface area contributed by atoms with Gasteiger partial charge in [0.1, 0.15) is 5.52 Å². The summed E-state index contributed by atoms with van der Waals surface area (Å²) in [6, 6.07) is 3.98. The van der Waals surface area contributed by atoms with E-state index in [2.05, 4.69) is 9.88 Å². The summed E-state index contributed by atoms with van der Waals surface area (Å²) in [5, 5.41) is 2.89. The molecule has 158 valence electrons. The number of halogens is 2. The summed E-state index contributed by atoms with van der Waals surface area (Å²) < 4.78 is 5.64. The Morgan fingerprint density at radius 2 is 1.87 bits per heavy atom. The van der Waals surface area contributed by atoms with Gasteiger partial charge in [-0.15, -0.1) is 0 Å². The van der Waals surface area contributed by atoms with Gasteiger partial charge >= 0.3 is 0 Å². The maximum atomic E-state index is 6.69. The Morgan fingerprint density at radius 1 is 1.13 bits per heavy atom. The number of ether oxygens (including phenoxy) is 1. The number of anilines is 1. The lowest BCUT2D eigenvalue weighted by atomic mass is 10.0. The fourth-order valence-electron chi connectivity index (χ4n) is 3.94. The van der Waals surface area contributed by atoms with Gasteiger partial charge in [-0.2, -0.15) is 0 Å². The predicted octanol–water partition coefficient (Wildman–Crippen LogP) is 5.95. The maximum absolute atomic E-state index is 6.69. The zero-order valence-electron chi connectivity index (χ0n) is 17.5. The second-order valence-electron chi connectivity index (χ2n) is 7.58. The van der Waals surface area contributed by atoms with Crippen LogP contribution in [0.25, 0.3) is 22.2 Å². The number of hydrogen-bond donors (Lipinski definition) is 0. The average molecular weight is 463 g/mol. The molecule has 30 heavy (non-hydrogen) atoms. The van der Waals surface area contributed by atoms with Gasteiger partial charge in [0.15, 0.2) is 11.0 Å². The van der Waals surface area contributed by atoms with Crippen molar-refractivity contribution in [1.29, 1.82) is 0 Å². The van der Waals surface area contributed by atoms with Gasteiger partial charge in [-0.25, -0.2) is 15.0 Å². The molecule has 0 aliphatic carbocycles. The lowest BCUT2D eigenvalue weighted by molar-refractivity contribution is 0.0892. The van der Waals surface area contributed by atoms with Crippen molar-refractivity contribution in [2.24, 2.45) is 0 Å². The topological polar surface area (TPSA) is 51.1 Å². The first kappa shape index (κ1) is 21.6. The lowest BCUT2D eigenvalue weighted by Crippen LogP contribution is -2.40. The van der Waals surface area contributed by atoms with E-state index in [1.54, 1.807) is 7.11 Å². The van der Waals surface area contributed by atoms with Crippen molar-refractivity contribution in [2.75, 3.05) is 31.4 Å². The Balaban J connectivity index is 1.96. The highest BCUT2D eigenvalue weighted by atomic mass is 35.5. The molecule has 0 spiro atoms. The molecular weight excluding hydrogens is 439 g/mol. The summed E-state index contributed by atoms with van der Waals surface area (Å²) in [7, 11) is 1.76. The predicted molar refractivity (Wildman–Crippen MR) is 126 cm³/mol. The smallest absolute Gasteiger partial charge is 0.187 e. The molecule has 0 amide bonds. The number of rotatable bonds is 4. The summed E-state index contributed by atoms with van der Waals surface area (Å²) in [5.74, 6) is 0.827. The molecule has 0 bridgehead atoms. The van der Waals surface area contributed by atoms with E-state index in [4.69, 9.17) is 37.9 Å². The van der Waals surface area contributed by atoms with Crippen molar-refractivity contribution < 1.29 is 4.74 Å². The van der Waals surface area contributed by atoms with Crippen LogP contribution < -0.4 is 4.90 Å². The molecule has 1 atom stereocenters. The maximum Gasteiger partial charge on any atom is 0.187 e. The minimum atomic E-state index is 0.175. The molecule has 1 unspecified atom stereocenters. The number of aryl methyl sites for hydroxylation is 2. The third kappa shape index (κ3) is 3.98. The van der Waals surface area contributed by atoms with Gasteiger partial charge in [-0.05, 0) is 50.1 Å². The van der Waals surface area contributed by atoms with E-state index in [-0.39, 0.29) is 6.10 Å². The minimum Gasteiger partial charge on any atom is -0.380 e. The van der Waals surface area contributed by atoms with Crippen LogP contribution in [0, 0.1) is 13.8 Å². The molecule has 5 nitrogen and oxygen atoms in total. The van der Waals surface area contributed by atoms with E-state index in [0.717, 1.165) is 70.2 Å². The average Bonchev–Trinajstić information content (AvgIpc) is 2.77. The minimum absolute atomic E-state index is 0.175. The molecule has 8 heteroatoms. The molecule has 4 rings (SSSR count). The van der Waals surface area contributed by atoms with Gasteiger partial charge in [0.2, 0.25) is 0 Å². The third-order valence-corrected chi connectivity index (χ3v) is 7.08. The lowest BCUT2D eigenvalue weighted by Gasteiger charge is -2.33. The van der Waals surface area contributed by atoms with Crippen molar-refractivity contribution in [1.82, 2.24) is 15.0 Å². The Morgan fingerprint density at radius 3 is 2.53 bits per heavy atom. The van der Waals surface area contributed by atoms with Crippen LogP contribution in [-0.2, 0) is 4.74 Å². The van der Waals surface area contributed by atoms with Crippen molar-refractivity contribution in [3.63, 3.8) is 0 Å². The summed E-state index contributed by atoms with van der Waals surface area (Å²) >= 11 is 14.9. The molecule has 1 aliphatic rings. The summed E-state index contributed by atoms with van der Waals surface area (Å²) in [6.45, 7) is 5.64. The van der Waals surface area contributed by atoms with Gasteiger partial charge in [-0.3, -0.25) is 0 Å². The molecule has 0 radical (unpaired) electrons. The Bertz CT molecular complexity index is 1080. The van der Waals surface area contributed by atoms with Crippen LogP contribution >= 0.6 is 35.0 Å². The van der Waals surface area contributed by atoms with Crippen LogP contribution in [0.5, 0.6) is 0 Å². The molecule has 1 aliphatic heterocycles. The monoisotopic (exact) mass is 462 g/mol. The zero-order chi connectivity index (χ0) is 21.4.